The van der Waals surface area contributed by atoms with E-state index in [2.05, 4.69) is 0 Å². The van der Waals surface area contributed by atoms with Gasteiger partial charge in [-0.3, -0.25) is 14.9 Å². The number of nitrogens with one attached hydrogen (secondary N) is 1. The largest absolute Gasteiger partial charge is 0.426 e. The van der Waals surface area contributed by atoms with Crippen molar-refractivity contribution in [1.82, 2.24) is 0 Å². The van der Waals surface area contributed by atoms with Crippen molar-refractivity contribution in [3.05, 3.63) is 63.7 Å². The average molecular weight is 468 g/mol. The number of anilines is 1. The first-order valence-electron chi connectivity index (χ1n) is 8.28. The third-order valence-electron chi connectivity index (χ3n) is 4.22. The smallest absolute Gasteiger partial charge is 0.372 e. The number of nitro benzene ring substituents is 1. The molecule has 0 aromatic heterocycles. The van der Waals surface area contributed by atoms with Gasteiger partial charge in [0.2, 0.25) is 5.60 Å². The lowest BCUT2D eigenvalue weighted by molar-refractivity contribution is -0.388. The Kier molecular flexibility index (Phi) is 6.90. The number of alkyl halides is 6. The van der Waals surface area contributed by atoms with E-state index in [4.69, 9.17) is 0 Å². The first kappa shape index (κ1) is 24.5. The highest BCUT2D eigenvalue weighted by Crippen LogP contribution is 2.39. The van der Waals surface area contributed by atoms with Crippen LogP contribution >= 0.6 is 11.8 Å². The molecule has 0 aliphatic rings. The van der Waals surface area contributed by atoms with Gasteiger partial charge in [-0.05, 0) is 36.1 Å². The summed E-state index contributed by atoms with van der Waals surface area (Å²) in [7, 11) is 0. The Morgan fingerprint density at radius 3 is 2.13 bits per heavy atom. The van der Waals surface area contributed by atoms with E-state index in [-0.39, 0.29) is 11.6 Å². The number of aliphatic hydroxyl groups is 1. The van der Waals surface area contributed by atoms with Crippen molar-refractivity contribution >= 4 is 29.0 Å². The van der Waals surface area contributed by atoms with Gasteiger partial charge in [-0.15, -0.1) is 11.8 Å². The quantitative estimate of drug-likeness (QED) is 0.275. The average Bonchev–Trinajstić information content (AvgIpc) is 2.66. The number of benzene rings is 2. The molecule has 0 spiro atoms. The predicted molar refractivity (Wildman–Crippen MR) is 99.7 cm³/mol. The highest BCUT2D eigenvalue weighted by Gasteiger charge is 2.59. The third-order valence-corrected chi connectivity index (χ3v) is 4.96. The van der Waals surface area contributed by atoms with Crippen molar-refractivity contribution < 1.29 is 41.2 Å². The van der Waals surface area contributed by atoms with Gasteiger partial charge in [0.1, 0.15) is 5.56 Å². The number of thioether (sulfide) groups is 1. The van der Waals surface area contributed by atoms with Crippen molar-refractivity contribution in [3.8, 4) is 0 Å². The molecule has 0 fully saturated rings. The van der Waals surface area contributed by atoms with Crippen LogP contribution in [-0.2, 0) is 17.4 Å². The van der Waals surface area contributed by atoms with Crippen LogP contribution in [0.3, 0.4) is 0 Å². The summed E-state index contributed by atoms with van der Waals surface area (Å²) in [6.45, 7) is 0. The molecule has 0 radical (unpaired) electrons. The van der Waals surface area contributed by atoms with Crippen LogP contribution in [0.1, 0.15) is 11.1 Å². The molecule has 6 nitrogen and oxygen atoms in total. The zero-order chi connectivity index (χ0) is 23.6. The summed E-state index contributed by atoms with van der Waals surface area (Å²) in [5.41, 5.74) is -7.92. The lowest BCUT2D eigenvalue weighted by Gasteiger charge is -2.29. The molecule has 13 heteroatoms. The Labute approximate surface area is 175 Å². The second-order valence-electron chi connectivity index (χ2n) is 6.32. The number of carbonyl (C=O) groups is 1. The second-order valence-corrected chi connectivity index (χ2v) is 7.20. The van der Waals surface area contributed by atoms with Crippen LogP contribution in [0.5, 0.6) is 0 Å². The first-order chi connectivity index (χ1) is 14.2. The van der Waals surface area contributed by atoms with Gasteiger partial charge in [-0.1, -0.05) is 12.1 Å². The van der Waals surface area contributed by atoms with Crippen LogP contribution in [0.15, 0.2) is 47.4 Å². The van der Waals surface area contributed by atoms with Gasteiger partial charge >= 0.3 is 12.4 Å². The van der Waals surface area contributed by atoms with Gasteiger partial charge in [-0.2, -0.15) is 26.3 Å². The Bertz CT molecular complexity index is 978. The molecule has 0 heterocycles. The number of rotatable bonds is 6. The van der Waals surface area contributed by atoms with Crippen LogP contribution in [0, 0.1) is 10.1 Å². The summed E-state index contributed by atoms with van der Waals surface area (Å²) >= 11 is 1.31. The van der Waals surface area contributed by atoms with E-state index in [1.54, 1.807) is 11.6 Å². The molecule has 0 aliphatic heterocycles. The Balaban J connectivity index is 2.39. The van der Waals surface area contributed by atoms with Crippen molar-refractivity contribution in [2.75, 3.05) is 11.6 Å². The number of hydrogen-bond donors (Lipinski definition) is 2. The van der Waals surface area contributed by atoms with E-state index in [0.29, 0.717) is 17.0 Å². The van der Waals surface area contributed by atoms with Gasteiger partial charge < -0.3 is 10.4 Å². The molecule has 1 unspecified atom stereocenters. The van der Waals surface area contributed by atoms with E-state index in [1.165, 1.54) is 36.0 Å². The molecular formula is C18H14F6N2O4S. The lowest BCUT2D eigenvalue weighted by atomic mass is 9.92. The Morgan fingerprint density at radius 1 is 1.10 bits per heavy atom. The van der Waals surface area contributed by atoms with Crippen LogP contribution in [0.25, 0.3) is 0 Å². The molecule has 31 heavy (non-hydrogen) atoms. The topological polar surface area (TPSA) is 92.5 Å². The molecule has 2 N–H and O–H groups in total. The van der Waals surface area contributed by atoms with Gasteiger partial charge in [0, 0.05) is 23.1 Å². The molecule has 2 aromatic carbocycles. The second kappa shape index (κ2) is 8.75. The van der Waals surface area contributed by atoms with E-state index >= 15 is 0 Å². The summed E-state index contributed by atoms with van der Waals surface area (Å²) in [4.78, 5) is 22.5. The molecule has 168 valence electrons. The summed E-state index contributed by atoms with van der Waals surface area (Å²) < 4.78 is 79.8. The number of hydrogen-bond acceptors (Lipinski definition) is 5. The molecule has 0 saturated carbocycles. The van der Waals surface area contributed by atoms with Crippen LogP contribution in [0.4, 0.5) is 37.7 Å². The van der Waals surface area contributed by atoms with Crippen molar-refractivity contribution in [1.29, 1.82) is 0 Å². The van der Waals surface area contributed by atoms with Crippen molar-refractivity contribution in [3.63, 3.8) is 0 Å². The molecule has 2 rings (SSSR count). The highest BCUT2D eigenvalue weighted by molar-refractivity contribution is 7.98. The molecule has 2 aromatic rings. The standard InChI is InChI=1S/C18H14F6N2O4S/c1-31-12-5-2-10(3-6-12)9-16(28,18(22,23)24)15(27)25-11-4-7-14(26(29)30)13(8-11)17(19,20)21/h2-8,28H,9H2,1H3,(H,25,27). The molecule has 0 saturated heterocycles. The number of halogens is 6. The minimum Gasteiger partial charge on any atom is -0.372 e. The molecular weight excluding hydrogens is 454 g/mol. The fourth-order valence-corrected chi connectivity index (χ4v) is 2.99. The molecule has 0 aliphatic carbocycles. The van der Waals surface area contributed by atoms with E-state index < -0.39 is 52.1 Å². The fourth-order valence-electron chi connectivity index (χ4n) is 2.58. The maximum atomic E-state index is 13.5. The Hall–Kier alpha value is -2.80. The zero-order valence-electron chi connectivity index (χ0n) is 15.5. The summed E-state index contributed by atoms with van der Waals surface area (Å²) in [6.07, 6.45) is -10.1. The maximum absolute atomic E-state index is 13.5. The third kappa shape index (κ3) is 5.47. The van der Waals surface area contributed by atoms with Gasteiger partial charge in [0.25, 0.3) is 11.6 Å². The summed E-state index contributed by atoms with van der Waals surface area (Å²) in [5.74, 6) is -2.03. The molecule has 0 bridgehead atoms. The number of carbonyl (C=O) groups excluding carboxylic acids is 1. The van der Waals surface area contributed by atoms with E-state index in [1.807, 2.05) is 0 Å². The first-order valence-corrected chi connectivity index (χ1v) is 9.50. The zero-order valence-corrected chi connectivity index (χ0v) is 16.4. The summed E-state index contributed by atoms with van der Waals surface area (Å²) in [6, 6.07) is 6.63. The lowest BCUT2D eigenvalue weighted by Crippen LogP contribution is -2.56. The predicted octanol–water partition coefficient (Wildman–Crippen LogP) is 4.81. The van der Waals surface area contributed by atoms with Crippen LogP contribution in [-0.4, -0.2) is 34.0 Å². The van der Waals surface area contributed by atoms with E-state index in [0.717, 1.165) is 0 Å². The fraction of sp³-hybridized carbons (Fsp3) is 0.278. The SMILES string of the molecule is CSc1ccc(CC(O)(C(=O)Nc2ccc([N+](=O)[O-])c(C(F)(F)F)c2)C(F)(F)F)cc1. The normalized spacial score (nSPS) is 14.1. The summed E-state index contributed by atoms with van der Waals surface area (Å²) in [5, 5.41) is 22.5. The van der Waals surface area contributed by atoms with Gasteiger partial charge in [0.05, 0.1) is 4.92 Å². The highest BCUT2D eigenvalue weighted by atomic mass is 32.2. The minimum atomic E-state index is -5.47. The monoisotopic (exact) mass is 468 g/mol. The number of nitrogens with zero attached hydrogens (tertiary/aromatic N) is 1. The van der Waals surface area contributed by atoms with Gasteiger partial charge in [-0.25, -0.2) is 0 Å². The van der Waals surface area contributed by atoms with Crippen molar-refractivity contribution in [2.45, 2.75) is 29.3 Å². The van der Waals surface area contributed by atoms with Crippen LogP contribution < -0.4 is 5.32 Å². The minimum absolute atomic E-state index is 0.0487. The molecule has 1 atom stereocenters. The molecule has 1 amide bonds. The van der Waals surface area contributed by atoms with Crippen molar-refractivity contribution in [2.24, 2.45) is 0 Å². The van der Waals surface area contributed by atoms with Gasteiger partial charge in [0.15, 0.2) is 0 Å². The number of nitro groups is 1. The number of amides is 1. The van der Waals surface area contributed by atoms with Crippen LogP contribution in [0.2, 0.25) is 0 Å². The maximum Gasteiger partial charge on any atom is 0.426 e. The Morgan fingerprint density at radius 2 is 1.68 bits per heavy atom. The van der Waals surface area contributed by atoms with E-state index in [9.17, 15) is 46.4 Å².